The average molecular weight is 436 g/mol. The van der Waals surface area contributed by atoms with E-state index in [-0.39, 0.29) is 12.6 Å². The van der Waals surface area contributed by atoms with Gasteiger partial charge < -0.3 is 19.5 Å². The second-order valence-electron chi connectivity index (χ2n) is 6.72. The first-order valence-corrected chi connectivity index (χ1v) is 10.4. The number of carbonyl (C=O) groups excluding carboxylic acids is 1. The number of hydrogen-bond acceptors (Lipinski definition) is 8. The molecule has 0 unspecified atom stereocenters. The SMILES string of the molecule is COc1ccc(Nc2ncnc3sc(C(=O)OCc4ccccc4)c(C)c23)cc1OC. The Kier molecular flexibility index (Phi) is 5.99. The molecule has 1 N–H and O–H groups in total. The van der Waals surface area contributed by atoms with Crippen molar-refractivity contribution in [2.24, 2.45) is 0 Å². The van der Waals surface area contributed by atoms with Crippen LogP contribution >= 0.6 is 11.3 Å². The van der Waals surface area contributed by atoms with Crippen molar-refractivity contribution in [2.45, 2.75) is 13.5 Å². The Morgan fingerprint density at radius 1 is 1.03 bits per heavy atom. The highest BCUT2D eigenvalue weighted by molar-refractivity contribution is 7.20. The molecule has 2 aromatic heterocycles. The fourth-order valence-corrected chi connectivity index (χ4v) is 4.24. The summed E-state index contributed by atoms with van der Waals surface area (Å²) in [5, 5.41) is 4.08. The molecule has 0 saturated carbocycles. The largest absolute Gasteiger partial charge is 0.493 e. The molecular formula is C23H21N3O4S. The summed E-state index contributed by atoms with van der Waals surface area (Å²) in [6.07, 6.45) is 1.47. The lowest BCUT2D eigenvalue weighted by Gasteiger charge is -2.11. The second kappa shape index (κ2) is 9.01. The van der Waals surface area contributed by atoms with Crippen molar-refractivity contribution < 1.29 is 19.0 Å². The average Bonchev–Trinajstić information content (AvgIpc) is 3.15. The van der Waals surface area contributed by atoms with E-state index in [2.05, 4.69) is 15.3 Å². The zero-order chi connectivity index (χ0) is 21.8. The van der Waals surface area contributed by atoms with Gasteiger partial charge in [-0.15, -0.1) is 11.3 Å². The van der Waals surface area contributed by atoms with Crippen molar-refractivity contribution in [1.29, 1.82) is 0 Å². The minimum Gasteiger partial charge on any atom is -0.493 e. The summed E-state index contributed by atoms with van der Waals surface area (Å²) in [5.74, 6) is 1.47. The predicted octanol–water partition coefficient (Wildman–Crippen LogP) is 5.12. The second-order valence-corrected chi connectivity index (χ2v) is 7.71. The van der Waals surface area contributed by atoms with Crippen LogP contribution in [0.1, 0.15) is 20.8 Å². The summed E-state index contributed by atoms with van der Waals surface area (Å²) >= 11 is 1.30. The third-order valence-electron chi connectivity index (χ3n) is 4.77. The zero-order valence-electron chi connectivity index (χ0n) is 17.3. The van der Waals surface area contributed by atoms with Crippen LogP contribution in [-0.4, -0.2) is 30.2 Å². The van der Waals surface area contributed by atoms with E-state index in [0.717, 1.165) is 22.2 Å². The number of benzene rings is 2. The van der Waals surface area contributed by atoms with Gasteiger partial charge in [0.2, 0.25) is 0 Å². The molecule has 8 heteroatoms. The molecule has 0 fully saturated rings. The van der Waals surface area contributed by atoms with Crippen molar-refractivity contribution in [1.82, 2.24) is 9.97 Å². The summed E-state index contributed by atoms with van der Waals surface area (Å²) in [5.41, 5.74) is 2.49. The number of nitrogens with one attached hydrogen (secondary N) is 1. The van der Waals surface area contributed by atoms with Gasteiger partial charge in [-0.1, -0.05) is 30.3 Å². The number of thiophene rings is 1. The number of hydrogen-bond donors (Lipinski definition) is 1. The maximum Gasteiger partial charge on any atom is 0.349 e. The van der Waals surface area contributed by atoms with Crippen LogP contribution in [0.3, 0.4) is 0 Å². The lowest BCUT2D eigenvalue weighted by atomic mass is 10.2. The Labute approximate surface area is 183 Å². The molecule has 0 spiro atoms. The molecule has 0 aliphatic heterocycles. The first-order chi connectivity index (χ1) is 15.1. The first kappa shape index (κ1) is 20.6. The van der Waals surface area contributed by atoms with Gasteiger partial charge in [0.15, 0.2) is 11.5 Å². The van der Waals surface area contributed by atoms with Gasteiger partial charge in [0.25, 0.3) is 0 Å². The molecule has 158 valence electrons. The fraction of sp³-hybridized carbons (Fsp3) is 0.174. The van der Waals surface area contributed by atoms with E-state index < -0.39 is 0 Å². The number of carbonyl (C=O) groups is 1. The van der Waals surface area contributed by atoms with Crippen LogP contribution in [0.4, 0.5) is 11.5 Å². The van der Waals surface area contributed by atoms with Crippen molar-refractivity contribution in [3.8, 4) is 11.5 Å². The number of anilines is 2. The van der Waals surface area contributed by atoms with Crippen LogP contribution in [0, 0.1) is 6.92 Å². The van der Waals surface area contributed by atoms with Gasteiger partial charge in [0.05, 0.1) is 19.6 Å². The molecule has 0 atom stereocenters. The maximum absolute atomic E-state index is 12.7. The minimum absolute atomic E-state index is 0.218. The quantitative estimate of drug-likeness (QED) is 0.404. The van der Waals surface area contributed by atoms with Gasteiger partial charge in [-0.3, -0.25) is 0 Å². The molecule has 0 radical (unpaired) electrons. The fourth-order valence-electron chi connectivity index (χ4n) is 3.20. The molecule has 0 aliphatic rings. The zero-order valence-corrected chi connectivity index (χ0v) is 18.2. The van der Waals surface area contributed by atoms with E-state index in [1.807, 2.05) is 55.5 Å². The Morgan fingerprint density at radius 3 is 2.55 bits per heavy atom. The van der Waals surface area contributed by atoms with Gasteiger partial charge in [-0.05, 0) is 30.2 Å². The Balaban J connectivity index is 1.61. The van der Waals surface area contributed by atoms with Gasteiger partial charge in [-0.2, -0.15) is 0 Å². The van der Waals surface area contributed by atoms with E-state index in [4.69, 9.17) is 14.2 Å². The van der Waals surface area contributed by atoms with Crippen LogP contribution in [0.5, 0.6) is 11.5 Å². The smallest absolute Gasteiger partial charge is 0.349 e. The van der Waals surface area contributed by atoms with E-state index in [1.54, 1.807) is 14.2 Å². The minimum atomic E-state index is -0.374. The molecule has 7 nitrogen and oxygen atoms in total. The summed E-state index contributed by atoms with van der Waals surface area (Å²) in [6, 6.07) is 15.1. The number of nitrogens with zero attached hydrogens (tertiary/aromatic N) is 2. The Morgan fingerprint density at radius 2 is 1.81 bits per heavy atom. The summed E-state index contributed by atoms with van der Waals surface area (Å²) in [4.78, 5) is 22.7. The number of esters is 1. The third kappa shape index (κ3) is 4.29. The highest BCUT2D eigenvalue weighted by atomic mass is 32.1. The molecule has 0 saturated heterocycles. The van der Waals surface area contributed by atoms with Gasteiger partial charge >= 0.3 is 5.97 Å². The highest BCUT2D eigenvalue weighted by Gasteiger charge is 2.21. The van der Waals surface area contributed by atoms with Gasteiger partial charge in [0, 0.05) is 11.8 Å². The molecule has 2 heterocycles. The number of ether oxygens (including phenoxy) is 3. The Hall–Kier alpha value is -3.65. The van der Waals surface area contributed by atoms with Gasteiger partial charge in [-0.25, -0.2) is 14.8 Å². The number of rotatable bonds is 7. The topological polar surface area (TPSA) is 82.6 Å². The first-order valence-electron chi connectivity index (χ1n) is 9.55. The van der Waals surface area contributed by atoms with Crippen molar-refractivity contribution in [3.63, 3.8) is 0 Å². The van der Waals surface area contributed by atoms with Crippen LogP contribution in [0.15, 0.2) is 54.9 Å². The number of aryl methyl sites for hydroxylation is 1. The maximum atomic E-state index is 12.7. The molecule has 31 heavy (non-hydrogen) atoms. The lowest BCUT2D eigenvalue weighted by Crippen LogP contribution is -2.04. The lowest BCUT2D eigenvalue weighted by molar-refractivity contribution is 0.0478. The number of aromatic nitrogens is 2. The molecule has 2 aromatic carbocycles. The van der Waals surface area contributed by atoms with Crippen molar-refractivity contribution in [3.05, 3.63) is 70.9 Å². The highest BCUT2D eigenvalue weighted by Crippen LogP contribution is 2.36. The number of methoxy groups -OCH3 is 2. The summed E-state index contributed by atoms with van der Waals surface area (Å²) < 4.78 is 16.2. The molecule has 4 aromatic rings. The normalized spacial score (nSPS) is 10.7. The molecular weight excluding hydrogens is 414 g/mol. The number of fused-ring (bicyclic) bond motifs is 1. The standard InChI is InChI=1S/C23H21N3O4S/c1-14-19-21(26-16-9-10-17(28-2)18(11-16)29-3)24-13-25-22(19)31-20(14)23(27)30-12-15-7-5-4-6-8-15/h4-11,13H,12H2,1-3H3,(H,24,25,26). The van der Waals surface area contributed by atoms with E-state index in [0.29, 0.717) is 27.0 Å². The monoisotopic (exact) mass is 435 g/mol. The third-order valence-corrected chi connectivity index (χ3v) is 5.95. The van der Waals surface area contributed by atoms with Crippen molar-refractivity contribution >= 4 is 39.0 Å². The molecule has 0 aliphatic carbocycles. The predicted molar refractivity (Wildman–Crippen MR) is 121 cm³/mol. The van der Waals surface area contributed by atoms with Crippen LogP contribution in [-0.2, 0) is 11.3 Å². The molecule has 4 rings (SSSR count). The summed E-state index contributed by atoms with van der Waals surface area (Å²) in [6.45, 7) is 2.09. The van der Waals surface area contributed by atoms with E-state index in [9.17, 15) is 4.79 Å². The van der Waals surface area contributed by atoms with Crippen LogP contribution in [0.25, 0.3) is 10.2 Å². The van der Waals surface area contributed by atoms with E-state index in [1.165, 1.54) is 17.7 Å². The van der Waals surface area contributed by atoms with Gasteiger partial charge in [0.1, 0.15) is 28.5 Å². The molecule has 0 bridgehead atoms. The Bertz CT molecular complexity index is 1220. The molecule has 0 amide bonds. The van der Waals surface area contributed by atoms with Crippen molar-refractivity contribution in [2.75, 3.05) is 19.5 Å². The van der Waals surface area contributed by atoms with E-state index >= 15 is 0 Å². The van der Waals surface area contributed by atoms with Crippen LogP contribution < -0.4 is 14.8 Å². The van der Waals surface area contributed by atoms with Crippen LogP contribution in [0.2, 0.25) is 0 Å². The summed E-state index contributed by atoms with van der Waals surface area (Å²) in [7, 11) is 3.17.